The molecule has 0 saturated heterocycles. The second kappa shape index (κ2) is 4.69. The molecule has 16 heavy (non-hydrogen) atoms. The Morgan fingerprint density at radius 3 is 2.75 bits per heavy atom. The number of aryl methyl sites for hydroxylation is 1. The number of ketones is 1. The van der Waals surface area contributed by atoms with Crippen LogP contribution < -0.4 is 4.74 Å². The number of hydrogen-bond donors (Lipinski definition) is 0. The first kappa shape index (κ1) is 11.2. The van der Waals surface area contributed by atoms with Crippen LogP contribution in [-0.2, 0) is 4.79 Å². The van der Waals surface area contributed by atoms with Crippen LogP contribution in [0.3, 0.4) is 0 Å². The van der Waals surface area contributed by atoms with E-state index in [9.17, 15) is 4.79 Å². The summed E-state index contributed by atoms with van der Waals surface area (Å²) < 4.78 is 5.23. The molecule has 0 amide bonds. The minimum atomic E-state index is 0.123. The van der Waals surface area contributed by atoms with E-state index in [1.165, 1.54) is 6.42 Å². The van der Waals surface area contributed by atoms with Crippen molar-refractivity contribution in [1.29, 1.82) is 0 Å². The molecule has 86 valence electrons. The number of Topliss-reactive ketones (excluding diaryl/α,β-unsaturated/α-hetero) is 1. The third-order valence-corrected chi connectivity index (χ3v) is 3.38. The van der Waals surface area contributed by atoms with Crippen molar-refractivity contribution in [2.45, 2.75) is 38.5 Å². The maximum absolute atomic E-state index is 11.8. The van der Waals surface area contributed by atoms with Crippen LogP contribution in [0.1, 0.15) is 42.7 Å². The van der Waals surface area contributed by atoms with Crippen molar-refractivity contribution in [1.82, 2.24) is 0 Å². The summed E-state index contributed by atoms with van der Waals surface area (Å²) >= 11 is 0. The highest BCUT2D eigenvalue weighted by atomic mass is 16.5. The zero-order valence-electron chi connectivity index (χ0n) is 9.95. The zero-order chi connectivity index (χ0) is 11.5. The SMILES string of the molecule is COc1ccc(C2CCCCC2=O)cc1C. The Balaban J connectivity index is 2.26. The normalized spacial score (nSPS) is 20.9. The molecule has 1 atom stereocenters. The van der Waals surface area contributed by atoms with Crippen LogP contribution in [-0.4, -0.2) is 12.9 Å². The highest BCUT2D eigenvalue weighted by Crippen LogP contribution is 2.32. The van der Waals surface area contributed by atoms with E-state index in [0.717, 1.165) is 36.1 Å². The molecule has 1 aromatic rings. The molecule has 2 heteroatoms. The molecule has 0 radical (unpaired) electrons. The third-order valence-electron chi connectivity index (χ3n) is 3.38. The van der Waals surface area contributed by atoms with Gasteiger partial charge in [0, 0.05) is 12.3 Å². The maximum Gasteiger partial charge on any atom is 0.140 e. The van der Waals surface area contributed by atoms with E-state index in [4.69, 9.17) is 4.74 Å². The number of benzene rings is 1. The molecule has 1 aliphatic rings. The van der Waals surface area contributed by atoms with Crippen molar-refractivity contribution >= 4 is 5.78 Å². The molecule has 1 aliphatic carbocycles. The molecule has 1 unspecified atom stereocenters. The van der Waals surface area contributed by atoms with Crippen molar-refractivity contribution in [3.63, 3.8) is 0 Å². The van der Waals surface area contributed by atoms with Gasteiger partial charge in [-0.15, -0.1) is 0 Å². The number of methoxy groups -OCH3 is 1. The molecule has 0 spiro atoms. The fourth-order valence-corrected chi connectivity index (χ4v) is 2.45. The van der Waals surface area contributed by atoms with E-state index >= 15 is 0 Å². The van der Waals surface area contributed by atoms with Gasteiger partial charge in [0.05, 0.1) is 7.11 Å². The number of rotatable bonds is 2. The van der Waals surface area contributed by atoms with Gasteiger partial charge in [-0.1, -0.05) is 18.6 Å². The number of ether oxygens (including phenoxy) is 1. The lowest BCUT2D eigenvalue weighted by molar-refractivity contribution is -0.121. The van der Waals surface area contributed by atoms with Crippen LogP contribution in [0.2, 0.25) is 0 Å². The molecule has 2 nitrogen and oxygen atoms in total. The quantitative estimate of drug-likeness (QED) is 0.761. The standard InChI is InChI=1S/C14H18O2/c1-10-9-11(7-8-14(10)16-2)12-5-3-4-6-13(12)15/h7-9,12H,3-6H2,1-2H3. The average Bonchev–Trinajstić information content (AvgIpc) is 2.29. The Morgan fingerprint density at radius 1 is 1.31 bits per heavy atom. The van der Waals surface area contributed by atoms with E-state index in [1.807, 2.05) is 19.1 Å². The fourth-order valence-electron chi connectivity index (χ4n) is 2.45. The smallest absolute Gasteiger partial charge is 0.140 e. The van der Waals surface area contributed by atoms with Crippen LogP contribution in [0.15, 0.2) is 18.2 Å². The molecule has 0 bridgehead atoms. The first-order valence-corrected chi connectivity index (χ1v) is 5.89. The van der Waals surface area contributed by atoms with Crippen molar-refractivity contribution in [3.8, 4) is 5.75 Å². The highest BCUT2D eigenvalue weighted by Gasteiger charge is 2.23. The molecule has 0 aromatic heterocycles. The monoisotopic (exact) mass is 218 g/mol. The van der Waals surface area contributed by atoms with Gasteiger partial charge in [0.25, 0.3) is 0 Å². The first-order chi connectivity index (χ1) is 7.72. The van der Waals surface area contributed by atoms with Crippen molar-refractivity contribution in [2.75, 3.05) is 7.11 Å². The Labute approximate surface area is 96.6 Å². The van der Waals surface area contributed by atoms with Crippen LogP contribution >= 0.6 is 0 Å². The summed E-state index contributed by atoms with van der Waals surface area (Å²) in [5.41, 5.74) is 2.27. The van der Waals surface area contributed by atoms with E-state index in [0.29, 0.717) is 5.78 Å². The lowest BCUT2D eigenvalue weighted by atomic mass is 9.82. The summed E-state index contributed by atoms with van der Waals surface area (Å²) in [7, 11) is 1.67. The molecule has 0 N–H and O–H groups in total. The summed E-state index contributed by atoms with van der Waals surface area (Å²) in [6, 6.07) is 6.08. The molecule has 1 aromatic carbocycles. The lowest BCUT2D eigenvalue weighted by Gasteiger charge is -2.21. The summed E-state index contributed by atoms with van der Waals surface area (Å²) in [6.45, 7) is 2.02. The lowest BCUT2D eigenvalue weighted by Crippen LogP contribution is -2.17. The van der Waals surface area contributed by atoms with E-state index in [-0.39, 0.29) is 5.92 Å². The number of carbonyl (C=O) groups excluding carboxylic acids is 1. The van der Waals surface area contributed by atoms with Gasteiger partial charge in [-0.05, 0) is 37.0 Å². The van der Waals surface area contributed by atoms with Crippen LogP contribution in [0, 0.1) is 6.92 Å². The maximum atomic E-state index is 11.8. The molecule has 1 fully saturated rings. The Bertz CT molecular complexity index is 396. The molecule has 0 heterocycles. The predicted molar refractivity (Wildman–Crippen MR) is 63.9 cm³/mol. The van der Waals surface area contributed by atoms with Crippen LogP contribution in [0.5, 0.6) is 5.75 Å². The molecule has 2 rings (SSSR count). The summed E-state index contributed by atoms with van der Waals surface area (Å²) in [6.07, 6.45) is 3.98. The van der Waals surface area contributed by atoms with Gasteiger partial charge in [0.2, 0.25) is 0 Å². The second-order valence-corrected chi connectivity index (χ2v) is 4.49. The van der Waals surface area contributed by atoms with Crippen molar-refractivity contribution < 1.29 is 9.53 Å². The van der Waals surface area contributed by atoms with Crippen LogP contribution in [0.4, 0.5) is 0 Å². The topological polar surface area (TPSA) is 26.3 Å². The largest absolute Gasteiger partial charge is 0.496 e. The van der Waals surface area contributed by atoms with Gasteiger partial charge < -0.3 is 4.74 Å². The second-order valence-electron chi connectivity index (χ2n) is 4.49. The predicted octanol–water partition coefficient (Wildman–Crippen LogP) is 3.23. The van der Waals surface area contributed by atoms with E-state index in [1.54, 1.807) is 7.11 Å². The van der Waals surface area contributed by atoms with Crippen LogP contribution in [0.25, 0.3) is 0 Å². The van der Waals surface area contributed by atoms with Gasteiger partial charge in [-0.25, -0.2) is 0 Å². The summed E-state index contributed by atoms with van der Waals surface area (Å²) in [5.74, 6) is 1.42. The molecule has 1 saturated carbocycles. The summed E-state index contributed by atoms with van der Waals surface area (Å²) in [4.78, 5) is 11.8. The van der Waals surface area contributed by atoms with Gasteiger partial charge >= 0.3 is 0 Å². The van der Waals surface area contributed by atoms with E-state index in [2.05, 4.69) is 6.07 Å². The first-order valence-electron chi connectivity index (χ1n) is 5.89. The molecule has 0 aliphatic heterocycles. The minimum Gasteiger partial charge on any atom is -0.496 e. The zero-order valence-corrected chi connectivity index (χ0v) is 9.95. The third kappa shape index (κ3) is 2.11. The molecular formula is C14H18O2. The minimum absolute atomic E-state index is 0.123. The number of carbonyl (C=O) groups is 1. The summed E-state index contributed by atoms with van der Waals surface area (Å²) in [5, 5.41) is 0. The van der Waals surface area contributed by atoms with Crippen molar-refractivity contribution in [3.05, 3.63) is 29.3 Å². The average molecular weight is 218 g/mol. The fraction of sp³-hybridized carbons (Fsp3) is 0.500. The Kier molecular flexibility index (Phi) is 3.28. The Morgan fingerprint density at radius 2 is 2.12 bits per heavy atom. The Hall–Kier alpha value is -1.31. The molecular weight excluding hydrogens is 200 g/mol. The van der Waals surface area contributed by atoms with Gasteiger partial charge in [-0.3, -0.25) is 4.79 Å². The van der Waals surface area contributed by atoms with E-state index < -0.39 is 0 Å². The van der Waals surface area contributed by atoms with Gasteiger partial charge in [0.1, 0.15) is 11.5 Å². The number of hydrogen-bond acceptors (Lipinski definition) is 2. The van der Waals surface area contributed by atoms with Crippen molar-refractivity contribution in [2.24, 2.45) is 0 Å². The van der Waals surface area contributed by atoms with Gasteiger partial charge in [0.15, 0.2) is 0 Å². The van der Waals surface area contributed by atoms with Gasteiger partial charge in [-0.2, -0.15) is 0 Å². The highest BCUT2D eigenvalue weighted by molar-refractivity contribution is 5.86.